The molecule has 3 heterocycles. The van der Waals surface area contributed by atoms with Crippen LogP contribution in [0.4, 0.5) is 4.79 Å². The van der Waals surface area contributed by atoms with Gasteiger partial charge in [-0.05, 0) is 19.1 Å². The van der Waals surface area contributed by atoms with Crippen molar-refractivity contribution in [3.05, 3.63) is 30.3 Å². The molecule has 3 aliphatic heterocycles. The number of imide groups is 1. The number of aliphatic hydroxyl groups is 1. The highest BCUT2D eigenvalue weighted by Crippen LogP contribution is 2.57. The van der Waals surface area contributed by atoms with Crippen molar-refractivity contribution in [1.82, 2.24) is 10.2 Å². The molecule has 0 spiro atoms. The molecule has 2 N–H and O–H groups in total. The molecule has 5 atom stereocenters. The van der Waals surface area contributed by atoms with Gasteiger partial charge in [0.2, 0.25) is 5.91 Å². The lowest BCUT2D eigenvalue weighted by Crippen LogP contribution is -2.60. The third kappa shape index (κ3) is 3.35. The first-order chi connectivity index (χ1) is 12.8. The maximum Gasteiger partial charge on any atom is 0.530 e. The van der Waals surface area contributed by atoms with Crippen molar-refractivity contribution in [2.24, 2.45) is 0 Å². The number of hydrogen-bond donors (Lipinski definition) is 2. The van der Waals surface area contributed by atoms with Crippen molar-refractivity contribution in [1.29, 1.82) is 0 Å². The Labute approximate surface area is 154 Å². The van der Waals surface area contributed by atoms with E-state index in [0.29, 0.717) is 5.75 Å². The number of urea groups is 1. The maximum absolute atomic E-state index is 12.9. The zero-order chi connectivity index (χ0) is 19.2. The number of hydrogen-bond acceptors (Lipinski definition) is 8. The number of nitrogens with one attached hydrogen (secondary N) is 1. The van der Waals surface area contributed by atoms with Crippen LogP contribution >= 0.6 is 7.82 Å². The second-order valence-corrected chi connectivity index (χ2v) is 8.27. The zero-order valence-electron chi connectivity index (χ0n) is 14.4. The predicted molar refractivity (Wildman–Crippen MR) is 89.6 cm³/mol. The average Bonchev–Trinajstić information content (AvgIpc) is 2.86. The van der Waals surface area contributed by atoms with E-state index in [9.17, 15) is 19.3 Å². The molecule has 0 aliphatic carbocycles. The fourth-order valence-corrected chi connectivity index (χ4v) is 4.87. The van der Waals surface area contributed by atoms with Crippen LogP contribution in [-0.2, 0) is 23.1 Å². The summed E-state index contributed by atoms with van der Waals surface area (Å²) >= 11 is 0. The summed E-state index contributed by atoms with van der Waals surface area (Å²) in [5.41, 5.74) is -1.69. The fraction of sp³-hybridized carbons (Fsp3) is 0.500. The van der Waals surface area contributed by atoms with Crippen molar-refractivity contribution in [3.63, 3.8) is 0 Å². The van der Waals surface area contributed by atoms with Gasteiger partial charge >= 0.3 is 13.9 Å². The highest BCUT2D eigenvalue weighted by atomic mass is 31.2. The monoisotopic (exact) mass is 398 g/mol. The molecule has 146 valence electrons. The van der Waals surface area contributed by atoms with Gasteiger partial charge in [0.15, 0.2) is 6.23 Å². The average molecular weight is 398 g/mol. The summed E-state index contributed by atoms with van der Waals surface area (Å²) in [6.45, 7) is 1.37. The second kappa shape index (κ2) is 6.57. The van der Waals surface area contributed by atoms with Gasteiger partial charge in [0.25, 0.3) is 0 Å². The summed E-state index contributed by atoms with van der Waals surface area (Å²) in [6, 6.07) is 7.71. The molecule has 0 aromatic heterocycles. The minimum atomic E-state index is -3.99. The van der Waals surface area contributed by atoms with Crippen molar-refractivity contribution in [3.8, 4) is 5.75 Å². The second-order valence-electron chi connectivity index (χ2n) is 6.72. The van der Waals surface area contributed by atoms with Gasteiger partial charge in [-0.1, -0.05) is 18.2 Å². The number of nitrogens with zero attached hydrogens (tertiary/aromatic N) is 1. The van der Waals surface area contributed by atoms with E-state index >= 15 is 0 Å². The van der Waals surface area contributed by atoms with E-state index in [2.05, 4.69) is 5.32 Å². The highest BCUT2D eigenvalue weighted by Gasteiger charge is 2.62. The third-order valence-electron chi connectivity index (χ3n) is 4.69. The van der Waals surface area contributed by atoms with Crippen LogP contribution in [0.25, 0.3) is 0 Å². The zero-order valence-corrected chi connectivity index (χ0v) is 15.3. The normalized spacial score (nSPS) is 39.0. The number of carbonyl (C=O) groups is 2. The standard InChI is InChI=1S/C16H19N2O8P/c1-16(21)13-11(24-14(16)18-8-7-12(19)17-15(18)20)9-23-27(22,26-13)25-10-5-3-2-4-6-10/h2-6,11,13-14,21H,7-9H2,1H3,(H,17,19,20)/t11-,13+,14-,16?,27?/m1/s1. The first-order valence-electron chi connectivity index (χ1n) is 8.44. The van der Waals surface area contributed by atoms with Crippen LogP contribution in [0.5, 0.6) is 5.75 Å². The number of fused-ring (bicyclic) bond motifs is 1. The van der Waals surface area contributed by atoms with E-state index in [1.165, 1.54) is 11.8 Å². The molecule has 3 saturated heterocycles. The summed E-state index contributed by atoms with van der Waals surface area (Å²) in [5.74, 6) is -0.102. The van der Waals surface area contributed by atoms with Crippen LogP contribution in [0.15, 0.2) is 30.3 Å². The van der Waals surface area contributed by atoms with Gasteiger partial charge < -0.3 is 14.4 Å². The Morgan fingerprint density at radius 2 is 2.07 bits per heavy atom. The summed E-state index contributed by atoms with van der Waals surface area (Å²) in [6.07, 6.45) is -2.80. The number of amides is 3. The van der Waals surface area contributed by atoms with Gasteiger partial charge in [0.1, 0.15) is 23.6 Å². The summed E-state index contributed by atoms with van der Waals surface area (Å²) in [4.78, 5) is 24.7. The van der Waals surface area contributed by atoms with Crippen LogP contribution in [0.1, 0.15) is 13.3 Å². The van der Waals surface area contributed by atoms with Gasteiger partial charge in [-0.3, -0.25) is 24.1 Å². The molecular weight excluding hydrogens is 379 g/mol. The lowest BCUT2D eigenvalue weighted by molar-refractivity contribution is -0.132. The molecule has 0 saturated carbocycles. The Hall–Kier alpha value is -1.97. The Morgan fingerprint density at radius 3 is 2.78 bits per heavy atom. The van der Waals surface area contributed by atoms with Crippen molar-refractivity contribution < 1.29 is 37.6 Å². The fourth-order valence-electron chi connectivity index (χ4n) is 3.38. The molecule has 3 fully saturated rings. The molecular formula is C16H19N2O8P. The third-order valence-corrected chi connectivity index (χ3v) is 6.07. The SMILES string of the molecule is CC1(O)[C@H]2OP(=O)(Oc3ccccc3)OC[C@H]2O[C@H]1N1CCC(=O)NC1=O. The largest absolute Gasteiger partial charge is 0.530 e. The molecule has 1 aromatic carbocycles. The molecule has 3 aliphatic rings. The van der Waals surface area contributed by atoms with Gasteiger partial charge in [-0.25, -0.2) is 9.36 Å². The van der Waals surface area contributed by atoms with E-state index in [1.54, 1.807) is 30.3 Å². The molecule has 10 nitrogen and oxygen atoms in total. The highest BCUT2D eigenvalue weighted by molar-refractivity contribution is 7.49. The molecule has 4 rings (SSSR count). The number of phosphoric ester groups is 1. The predicted octanol–water partition coefficient (Wildman–Crippen LogP) is 1.01. The van der Waals surface area contributed by atoms with Gasteiger partial charge in [0, 0.05) is 13.0 Å². The molecule has 0 radical (unpaired) electrons. The molecule has 3 amide bonds. The van der Waals surface area contributed by atoms with Crippen molar-refractivity contribution in [2.75, 3.05) is 13.2 Å². The number of carbonyl (C=O) groups excluding carboxylic acids is 2. The molecule has 1 aromatic rings. The van der Waals surface area contributed by atoms with Gasteiger partial charge in [-0.15, -0.1) is 0 Å². The number of ether oxygens (including phenoxy) is 1. The number of benzene rings is 1. The first kappa shape index (κ1) is 18.4. The lowest BCUT2D eigenvalue weighted by Gasteiger charge is -2.38. The van der Waals surface area contributed by atoms with E-state index < -0.39 is 43.8 Å². The Balaban J connectivity index is 1.52. The molecule has 11 heteroatoms. The Kier molecular flexibility index (Phi) is 4.48. The first-order valence-corrected chi connectivity index (χ1v) is 9.90. The summed E-state index contributed by atoms with van der Waals surface area (Å²) in [7, 11) is -3.99. The van der Waals surface area contributed by atoms with Gasteiger partial charge in [-0.2, -0.15) is 0 Å². The molecule has 0 bridgehead atoms. The van der Waals surface area contributed by atoms with E-state index in [1.807, 2.05) is 0 Å². The molecule has 2 unspecified atom stereocenters. The van der Waals surface area contributed by atoms with Crippen LogP contribution < -0.4 is 9.84 Å². The number of para-hydroxylation sites is 1. The summed E-state index contributed by atoms with van der Waals surface area (Å²) in [5, 5.41) is 13.2. The van der Waals surface area contributed by atoms with E-state index in [0.717, 1.165) is 0 Å². The molecule has 27 heavy (non-hydrogen) atoms. The quantitative estimate of drug-likeness (QED) is 0.723. The number of phosphoric acid groups is 1. The smallest absolute Gasteiger partial charge is 0.404 e. The van der Waals surface area contributed by atoms with Crippen LogP contribution in [0.2, 0.25) is 0 Å². The van der Waals surface area contributed by atoms with E-state index in [-0.39, 0.29) is 19.6 Å². The van der Waals surface area contributed by atoms with E-state index in [4.69, 9.17) is 18.3 Å². The Morgan fingerprint density at radius 1 is 1.33 bits per heavy atom. The van der Waals surface area contributed by atoms with Gasteiger partial charge in [0.05, 0.1) is 6.61 Å². The maximum atomic E-state index is 12.9. The topological polar surface area (TPSA) is 124 Å². The minimum Gasteiger partial charge on any atom is -0.404 e. The van der Waals surface area contributed by atoms with Crippen LogP contribution in [0.3, 0.4) is 0 Å². The van der Waals surface area contributed by atoms with Crippen LogP contribution in [0, 0.1) is 0 Å². The van der Waals surface area contributed by atoms with Crippen molar-refractivity contribution in [2.45, 2.75) is 37.4 Å². The Bertz CT molecular complexity index is 801. The summed E-state index contributed by atoms with van der Waals surface area (Å²) < 4.78 is 34.7. The lowest BCUT2D eigenvalue weighted by atomic mass is 9.95. The van der Waals surface area contributed by atoms with Crippen molar-refractivity contribution >= 4 is 19.8 Å². The minimum absolute atomic E-state index is 0.0873. The van der Waals surface area contributed by atoms with Crippen LogP contribution in [-0.4, -0.2) is 59.1 Å². The number of rotatable bonds is 3.